The van der Waals surface area contributed by atoms with Crippen molar-refractivity contribution in [2.45, 2.75) is 6.61 Å². The number of rotatable bonds is 4. The second-order valence-corrected chi connectivity index (χ2v) is 5.74. The van der Waals surface area contributed by atoms with Crippen molar-refractivity contribution >= 4 is 5.82 Å². The first kappa shape index (κ1) is 18.6. The Hall–Kier alpha value is -4.17. The molecule has 0 saturated heterocycles. The van der Waals surface area contributed by atoms with Gasteiger partial charge in [-0.25, -0.2) is 8.78 Å². The monoisotopic (exact) mass is 378 g/mol. The van der Waals surface area contributed by atoms with E-state index in [1.54, 1.807) is 12.1 Å². The fourth-order valence-electron chi connectivity index (χ4n) is 2.68. The number of hydrogen-bond donors (Lipinski definition) is 2. The van der Waals surface area contributed by atoms with Crippen LogP contribution in [0.5, 0.6) is 5.75 Å². The van der Waals surface area contributed by atoms with Gasteiger partial charge in [-0.1, -0.05) is 24.3 Å². The maximum absolute atomic E-state index is 14.5. The van der Waals surface area contributed by atoms with Crippen LogP contribution >= 0.6 is 0 Å². The Kier molecular flexibility index (Phi) is 5.05. The lowest BCUT2D eigenvalue weighted by Crippen LogP contribution is -2.16. The highest BCUT2D eigenvalue weighted by molar-refractivity contribution is 5.80. The molecule has 8 heteroatoms. The number of halogens is 2. The van der Waals surface area contributed by atoms with Crippen LogP contribution in [-0.2, 0) is 6.61 Å². The molecule has 0 spiro atoms. The number of nitrogens with one attached hydrogen (secondary N) is 1. The molecule has 0 radical (unpaired) electrons. The van der Waals surface area contributed by atoms with Crippen LogP contribution in [-0.4, -0.2) is 4.98 Å². The van der Waals surface area contributed by atoms with Gasteiger partial charge >= 0.3 is 0 Å². The van der Waals surface area contributed by atoms with E-state index in [0.717, 1.165) is 6.07 Å². The Morgan fingerprint density at radius 3 is 2.39 bits per heavy atom. The normalized spacial score (nSPS) is 10.1. The first-order chi connectivity index (χ1) is 13.5. The van der Waals surface area contributed by atoms with Crippen molar-refractivity contribution in [3.05, 3.63) is 81.1 Å². The number of anilines is 1. The molecule has 0 aliphatic rings. The molecule has 6 nitrogen and oxygen atoms in total. The molecule has 0 aliphatic heterocycles. The molecular formula is C20H12F2N4O2. The zero-order chi connectivity index (χ0) is 20.3. The van der Waals surface area contributed by atoms with Crippen LogP contribution in [0.3, 0.4) is 0 Å². The Labute approximate surface area is 158 Å². The second kappa shape index (κ2) is 7.60. The zero-order valence-electron chi connectivity index (χ0n) is 14.3. The molecule has 28 heavy (non-hydrogen) atoms. The van der Waals surface area contributed by atoms with E-state index in [1.807, 2.05) is 6.07 Å². The summed E-state index contributed by atoms with van der Waals surface area (Å²) in [6, 6.07) is 13.1. The van der Waals surface area contributed by atoms with Crippen molar-refractivity contribution in [1.29, 1.82) is 10.5 Å². The summed E-state index contributed by atoms with van der Waals surface area (Å²) in [6.45, 7) is -0.187. The summed E-state index contributed by atoms with van der Waals surface area (Å²) in [4.78, 5) is 14.2. The van der Waals surface area contributed by atoms with E-state index in [4.69, 9.17) is 10.5 Å². The average molecular weight is 378 g/mol. The molecule has 0 amide bonds. The van der Waals surface area contributed by atoms with Crippen LogP contribution in [0, 0.1) is 34.3 Å². The Morgan fingerprint density at radius 1 is 1.04 bits per heavy atom. The number of H-pyrrole nitrogens is 1. The third kappa shape index (κ3) is 3.39. The van der Waals surface area contributed by atoms with E-state index in [2.05, 4.69) is 4.98 Å². The predicted octanol–water partition coefficient (Wildman–Crippen LogP) is 3.22. The molecule has 0 fully saturated rings. The minimum Gasteiger partial charge on any atom is -0.486 e. The minimum atomic E-state index is -0.805. The largest absolute Gasteiger partial charge is 0.486 e. The summed E-state index contributed by atoms with van der Waals surface area (Å²) in [5.74, 6) is -1.65. The topological polar surface area (TPSA) is 116 Å². The van der Waals surface area contributed by atoms with Crippen LogP contribution < -0.4 is 16.0 Å². The molecule has 0 bridgehead atoms. The average Bonchev–Trinajstić information content (AvgIpc) is 2.67. The van der Waals surface area contributed by atoms with Gasteiger partial charge in [0.15, 0.2) is 11.6 Å². The van der Waals surface area contributed by atoms with Gasteiger partial charge in [-0.3, -0.25) is 4.79 Å². The number of hydrogen-bond acceptors (Lipinski definition) is 5. The number of nitriles is 2. The van der Waals surface area contributed by atoms with Gasteiger partial charge < -0.3 is 15.5 Å². The van der Waals surface area contributed by atoms with Crippen molar-refractivity contribution < 1.29 is 13.5 Å². The van der Waals surface area contributed by atoms with Gasteiger partial charge in [0.25, 0.3) is 5.56 Å². The number of nitrogens with zero attached hydrogens (tertiary/aromatic N) is 2. The fraction of sp³-hybridized carbons (Fsp3) is 0.0500. The molecule has 1 aromatic heterocycles. The van der Waals surface area contributed by atoms with E-state index >= 15 is 0 Å². The van der Waals surface area contributed by atoms with Gasteiger partial charge in [0.05, 0.1) is 0 Å². The van der Waals surface area contributed by atoms with E-state index in [1.165, 1.54) is 30.3 Å². The maximum atomic E-state index is 14.5. The lowest BCUT2D eigenvalue weighted by molar-refractivity contribution is 0.285. The highest BCUT2D eigenvalue weighted by atomic mass is 19.1. The summed E-state index contributed by atoms with van der Waals surface area (Å²) < 4.78 is 33.5. The lowest BCUT2D eigenvalue weighted by Gasteiger charge is -2.12. The quantitative estimate of drug-likeness (QED) is 0.723. The number of benzene rings is 2. The predicted molar refractivity (Wildman–Crippen MR) is 97.0 cm³/mol. The molecule has 0 aliphatic carbocycles. The van der Waals surface area contributed by atoms with Crippen LogP contribution in [0.2, 0.25) is 0 Å². The van der Waals surface area contributed by atoms with Gasteiger partial charge in [0.2, 0.25) is 0 Å². The number of nitrogen functional groups attached to an aromatic ring is 1. The summed E-state index contributed by atoms with van der Waals surface area (Å²) in [7, 11) is 0. The second-order valence-electron chi connectivity index (χ2n) is 5.74. The van der Waals surface area contributed by atoms with Crippen LogP contribution in [0.25, 0.3) is 11.1 Å². The number of aromatic nitrogens is 1. The number of aromatic amines is 1. The van der Waals surface area contributed by atoms with Crippen molar-refractivity contribution in [1.82, 2.24) is 4.98 Å². The zero-order valence-corrected chi connectivity index (χ0v) is 14.3. The Bertz CT molecular complexity index is 1210. The van der Waals surface area contributed by atoms with Crippen LogP contribution in [0.15, 0.2) is 47.3 Å². The van der Waals surface area contributed by atoms with Crippen LogP contribution in [0.4, 0.5) is 14.6 Å². The molecule has 3 N–H and O–H groups in total. The molecule has 3 aromatic rings. The molecule has 3 rings (SSSR count). The smallest absolute Gasteiger partial charge is 0.268 e. The van der Waals surface area contributed by atoms with Gasteiger partial charge in [0, 0.05) is 11.1 Å². The molecule has 0 unspecified atom stereocenters. The van der Waals surface area contributed by atoms with Crippen molar-refractivity contribution in [2.24, 2.45) is 0 Å². The summed E-state index contributed by atoms with van der Waals surface area (Å²) in [5.41, 5.74) is 4.67. The summed E-state index contributed by atoms with van der Waals surface area (Å²) >= 11 is 0. The first-order valence-corrected chi connectivity index (χ1v) is 7.98. The van der Waals surface area contributed by atoms with E-state index < -0.39 is 17.2 Å². The van der Waals surface area contributed by atoms with Crippen LogP contribution in [0.1, 0.15) is 16.7 Å². The summed E-state index contributed by atoms with van der Waals surface area (Å²) in [6.07, 6.45) is 0. The molecule has 1 heterocycles. The number of ether oxygens (including phenoxy) is 1. The fourth-order valence-corrected chi connectivity index (χ4v) is 2.68. The van der Waals surface area contributed by atoms with E-state index in [0.29, 0.717) is 0 Å². The maximum Gasteiger partial charge on any atom is 0.268 e. The highest BCUT2D eigenvalue weighted by Gasteiger charge is 2.19. The molecule has 0 saturated carbocycles. The summed E-state index contributed by atoms with van der Waals surface area (Å²) in [5, 5.41) is 18.6. The van der Waals surface area contributed by atoms with E-state index in [9.17, 15) is 24.1 Å². The van der Waals surface area contributed by atoms with Gasteiger partial charge in [0.1, 0.15) is 41.5 Å². The minimum absolute atomic E-state index is 0.0641. The van der Waals surface area contributed by atoms with Crippen molar-refractivity contribution in [3.63, 3.8) is 0 Å². The SMILES string of the molecule is N#Cc1c(N)[nH]c(=O)c(C#N)c1-c1ccc(OCc2ccccc2F)c(F)c1. The number of nitrogens with two attached hydrogens (primary N) is 1. The van der Waals surface area contributed by atoms with Gasteiger partial charge in [-0.15, -0.1) is 0 Å². The molecule has 138 valence electrons. The molecule has 2 aromatic carbocycles. The van der Waals surface area contributed by atoms with E-state index in [-0.39, 0.29) is 46.0 Å². The highest BCUT2D eigenvalue weighted by Crippen LogP contribution is 2.31. The standard InChI is InChI=1S/C20H12F2N4O2/c21-15-4-2-1-3-12(15)10-28-17-6-5-11(7-16(17)22)18-13(8-23)19(25)26-20(27)14(18)9-24/h1-7H,10H2,(H3,25,26,27). The third-order valence-corrected chi connectivity index (χ3v) is 4.03. The van der Waals surface area contributed by atoms with Crippen molar-refractivity contribution in [3.8, 4) is 29.0 Å². The van der Waals surface area contributed by atoms with Gasteiger partial charge in [-0.2, -0.15) is 10.5 Å². The molecular weight excluding hydrogens is 366 g/mol. The van der Waals surface area contributed by atoms with Crippen molar-refractivity contribution in [2.75, 3.05) is 5.73 Å². The lowest BCUT2D eigenvalue weighted by atomic mass is 9.96. The first-order valence-electron chi connectivity index (χ1n) is 7.98. The van der Waals surface area contributed by atoms with Gasteiger partial charge in [-0.05, 0) is 23.8 Å². The number of pyridine rings is 1. The Morgan fingerprint density at radius 2 is 1.75 bits per heavy atom. The third-order valence-electron chi connectivity index (χ3n) is 4.03. The Balaban J connectivity index is 2.00. The molecule has 0 atom stereocenters.